The second kappa shape index (κ2) is 18.2. The molecule has 0 aliphatic carbocycles. The molecule has 0 spiro atoms. The number of fused-ring (bicyclic) bond motifs is 1. The molecule has 49 heavy (non-hydrogen) atoms. The Hall–Kier alpha value is -4.61. The third kappa shape index (κ3) is 10.7. The van der Waals surface area contributed by atoms with Gasteiger partial charge in [0.1, 0.15) is 19.3 Å². The summed E-state index contributed by atoms with van der Waals surface area (Å²) in [7, 11) is 0. The van der Waals surface area contributed by atoms with Gasteiger partial charge in [-0.25, -0.2) is 9.59 Å². The molecule has 0 radical (unpaired) electrons. The minimum Gasteiger partial charge on any atom is -0.462 e. The number of amides is 3. The van der Waals surface area contributed by atoms with Crippen molar-refractivity contribution in [3.8, 4) is 0 Å². The normalized spacial score (nSPS) is 21.3. The number of nitrogens with zero attached hydrogens (tertiary/aromatic N) is 1. The number of allylic oxidation sites excluding steroid dienone is 1. The van der Waals surface area contributed by atoms with Crippen LogP contribution >= 0.6 is 11.8 Å². The van der Waals surface area contributed by atoms with E-state index in [9.17, 15) is 24.3 Å². The fourth-order valence-corrected chi connectivity index (χ4v) is 6.90. The van der Waals surface area contributed by atoms with E-state index < -0.39 is 30.1 Å². The van der Waals surface area contributed by atoms with E-state index in [1.54, 1.807) is 28.8 Å². The van der Waals surface area contributed by atoms with Gasteiger partial charge in [-0.05, 0) is 41.5 Å². The number of thioether (sulfide) groups is 1. The quantitative estimate of drug-likeness (QED) is 0.209. The summed E-state index contributed by atoms with van der Waals surface area (Å²) in [5.41, 5.74) is 4.07. The Balaban J connectivity index is 1.28. The second-order valence-corrected chi connectivity index (χ2v) is 13.3. The van der Waals surface area contributed by atoms with Gasteiger partial charge in [-0.3, -0.25) is 9.59 Å². The summed E-state index contributed by atoms with van der Waals surface area (Å²) in [6.45, 7) is 0.133. The van der Waals surface area contributed by atoms with Crippen LogP contribution in [0.15, 0.2) is 97.1 Å². The van der Waals surface area contributed by atoms with Crippen molar-refractivity contribution in [3.05, 3.63) is 119 Å². The Labute approximate surface area is 291 Å². The number of carbonyl (C=O) groups is 4. The lowest BCUT2D eigenvalue weighted by Crippen LogP contribution is -2.49. The minimum absolute atomic E-state index is 0.0481. The number of aliphatic hydroxyl groups is 1. The minimum atomic E-state index is -1.01. The zero-order valence-electron chi connectivity index (χ0n) is 27.4. The van der Waals surface area contributed by atoms with Crippen molar-refractivity contribution in [3.63, 3.8) is 0 Å². The Morgan fingerprint density at radius 3 is 2.33 bits per heavy atom. The predicted octanol–water partition coefficient (Wildman–Crippen LogP) is 4.54. The molecule has 3 amide bonds. The number of nitrogens with one attached hydrogen (secondary N) is 2. The van der Waals surface area contributed by atoms with E-state index in [0.29, 0.717) is 24.5 Å². The molecule has 5 rings (SSSR count). The highest BCUT2D eigenvalue weighted by atomic mass is 32.2. The third-order valence-electron chi connectivity index (χ3n) is 8.63. The molecule has 0 fully saturated rings. The number of rotatable bonds is 10. The summed E-state index contributed by atoms with van der Waals surface area (Å²) < 4.78 is 11.0. The van der Waals surface area contributed by atoms with Crippen molar-refractivity contribution in [2.45, 2.75) is 62.7 Å². The maximum Gasteiger partial charge on any atom is 0.408 e. The van der Waals surface area contributed by atoms with E-state index in [1.165, 1.54) is 0 Å². The van der Waals surface area contributed by atoms with Gasteiger partial charge in [-0.15, -0.1) is 0 Å². The third-order valence-corrected chi connectivity index (χ3v) is 9.81. The summed E-state index contributed by atoms with van der Waals surface area (Å²) in [5, 5.41) is 15.8. The van der Waals surface area contributed by atoms with Crippen molar-refractivity contribution < 1.29 is 33.8 Å². The number of benzene rings is 3. The summed E-state index contributed by atoms with van der Waals surface area (Å²) in [6.07, 6.45) is 3.57. The first-order valence-electron chi connectivity index (χ1n) is 16.6. The van der Waals surface area contributed by atoms with E-state index in [0.717, 1.165) is 22.3 Å². The smallest absolute Gasteiger partial charge is 0.408 e. The molecular formula is C38H43N3O7S. The largest absolute Gasteiger partial charge is 0.462 e. The van der Waals surface area contributed by atoms with Crippen LogP contribution in [0.2, 0.25) is 0 Å². The van der Waals surface area contributed by atoms with E-state index in [4.69, 9.17) is 9.47 Å². The van der Waals surface area contributed by atoms with Crippen molar-refractivity contribution in [2.75, 3.05) is 19.0 Å². The van der Waals surface area contributed by atoms with Gasteiger partial charge in [0.15, 0.2) is 0 Å². The summed E-state index contributed by atoms with van der Waals surface area (Å²) in [6, 6.07) is 25.1. The lowest BCUT2D eigenvalue weighted by molar-refractivity contribution is -0.147. The lowest BCUT2D eigenvalue weighted by atomic mass is 9.92. The van der Waals surface area contributed by atoms with Gasteiger partial charge in [0.2, 0.25) is 11.8 Å². The number of aliphatic hydroxyl groups excluding tert-OH is 1. The zero-order valence-corrected chi connectivity index (χ0v) is 28.2. The topological polar surface area (TPSA) is 134 Å². The molecular weight excluding hydrogens is 642 g/mol. The molecule has 10 nitrogen and oxygen atoms in total. The Morgan fingerprint density at radius 2 is 1.59 bits per heavy atom. The Morgan fingerprint density at radius 1 is 0.918 bits per heavy atom. The van der Waals surface area contributed by atoms with Crippen LogP contribution in [0.1, 0.15) is 41.5 Å². The molecule has 0 saturated heterocycles. The first-order valence-corrected chi connectivity index (χ1v) is 17.7. The van der Waals surface area contributed by atoms with Crippen LogP contribution in [0, 0.1) is 5.92 Å². The highest BCUT2D eigenvalue weighted by Gasteiger charge is 2.33. The van der Waals surface area contributed by atoms with Gasteiger partial charge in [0, 0.05) is 24.5 Å². The predicted molar refractivity (Wildman–Crippen MR) is 187 cm³/mol. The SMILES string of the molecule is O=C(N[C@@H]1CC=CC[C@H](CC(=O)N2Cc3ccccc3C[C@H]2CO)C(=O)N[C@@H](CSCc2ccccc2)COC1=O)OCc1ccccc1. The van der Waals surface area contributed by atoms with Crippen LogP contribution in [-0.4, -0.2) is 71.0 Å². The molecule has 0 unspecified atom stereocenters. The monoisotopic (exact) mass is 685 g/mol. The van der Waals surface area contributed by atoms with Crippen molar-refractivity contribution in [1.29, 1.82) is 0 Å². The molecule has 11 heteroatoms. The number of esters is 1. The fraction of sp³-hybridized carbons (Fsp3) is 0.368. The summed E-state index contributed by atoms with van der Waals surface area (Å²) >= 11 is 1.59. The van der Waals surface area contributed by atoms with Crippen molar-refractivity contribution >= 4 is 35.6 Å². The average molecular weight is 686 g/mol. The van der Waals surface area contributed by atoms with Gasteiger partial charge >= 0.3 is 12.1 Å². The number of hydrogen-bond donors (Lipinski definition) is 3. The summed E-state index contributed by atoms with van der Waals surface area (Å²) in [4.78, 5) is 55.0. The van der Waals surface area contributed by atoms with E-state index >= 15 is 0 Å². The first kappa shape index (κ1) is 35.7. The maximum atomic E-state index is 13.7. The van der Waals surface area contributed by atoms with Gasteiger partial charge in [-0.2, -0.15) is 11.8 Å². The van der Waals surface area contributed by atoms with Crippen LogP contribution in [-0.2, 0) is 49.2 Å². The summed E-state index contributed by atoms with van der Waals surface area (Å²) in [5.74, 6) is -0.701. The molecule has 0 saturated carbocycles. The molecule has 258 valence electrons. The lowest BCUT2D eigenvalue weighted by Gasteiger charge is -2.36. The average Bonchev–Trinajstić information content (AvgIpc) is 3.13. The molecule has 3 aromatic carbocycles. The van der Waals surface area contributed by atoms with Gasteiger partial charge in [-0.1, -0.05) is 97.1 Å². The van der Waals surface area contributed by atoms with Gasteiger partial charge in [0.25, 0.3) is 0 Å². The van der Waals surface area contributed by atoms with Crippen LogP contribution in [0.4, 0.5) is 4.79 Å². The van der Waals surface area contributed by atoms with Crippen molar-refractivity contribution in [1.82, 2.24) is 15.5 Å². The fourth-order valence-electron chi connectivity index (χ4n) is 5.89. The van der Waals surface area contributed by atoms with Crippen LogP contribution in [0.25, 0.3) is 0 Å². The highest BCUT2D eigenvalue weighted by molar-refractivity contribution is 7.98. The Kier molecular flexibility index (Phi) is 13.3. The molecule has 0 bridgehead atoms. The molecule has 3 N–H and O–H groups in total. The van der Waals surface area contributed by atoms with E-state index in [-0.39, 0.29) is 56.9 Å². The molecule has 2 aliphatic rings. The van der Waals surface area contributed by atoms with Crippen LogP contribution < -0.4 is 10.6 Å². The molecule has 4 atom stereocenters. The van der Waals surface area contributed by atoms with Gasteiger partial charge in [0.05, 0.1) is 24.6 Å². The van der Waals surface area contributed by atoms with Crippen LogP contribution in [0.3, 0.4) is 0 Å². The highest BCUT2D eigenvalue weighted by Crippen LogP contribution is 2.26. The first-order chi connectivity index (χ1) is 23.9. The standard InChI is InChI=1S/C38H43N3O7S/c42-22-33-19-29-15-7-8-17-31(29)21-41(33)35(43)20-30-16-9-10-18-34(40-38(46)48-23-27-11-3-1-4-12-27)37(45)47-24-32(39-36(30)44)26-49-25-28-13-5-2-6-14-28/h1-15,17,30,32-34,42H,16,18-26H2,(H,39,44)(H,40,46)/t30-,32-,33+,34-/m1/s1. The van der Waals surface area contributed by atoms with Crippen LogP contribution in [0.5, 0.6) is 0 Å². The number of carbonyl (C=O) groups excluding carboxylic acids is 4. The zero-order chi connectivity index (χ0) is 34.4. The Bertz CT molecular complexity index is 1590. The van der Waals surface area contributed by atoms with E-state index in [1.807, 2.05) is 84.9 Å². The molecule has 2 aliphatic heterocycles. The maximum absolute atomic E-state index is 13.7. The van der Waals surface area contributed by atoms with Gasteiger partial charge < -0.3 is 30.1 Å². The molecule has 3 aromatic rings. The molecule has 0 aromatic heterocycles. The van der Waals surface area contributed by atoms with E-state index in [2.05, 4.69) is 10.6 Å². The number of ether oxygens (including phenoxy) is 2. The number of cyclic esters (lactones) is 1. The number of alkyl carbamates (subject to hydrolysis) is 1. The number of hydrogen-bond acceptors (Lipinski definition) is 8. The molecule has 2 heterocycles. The second-order valence-electron chi connectivity index (χ2n) is 12.3. The van der Waals surface area contributed by atoms with Crippen molar-refractivity contribution in [2.24, 2.45) is 5.92 Å².